The molecule has 9 heteroatoms. The molecule has 2 aromatic rings. The fraction of sp³-hybridized carbons (Fsp3) is 0.381. The largest absolute Gasteiger partial charge is 0.439 e. The van der Waals surface area contributed by atoms with Gasteiger partial charge in [-0.15, -0.1) is 0 Å². The third-order valence-corrected chi connectivity index (χ3v) is 3.91. The second-order valence-electron chi connectivity index (χ2n) is 7.63. The number of aromatic nitrogens is 1. The Labute approximate surface area is 173 Å². The van der Waals surface area contributed by atoms with Gasteiger partial charge in [-0.2, -0.15) is 13.2 Å². The lowest BCUT2D eigenvalue weighted by atomic mass is 10.1. The highest BCUT2D eigenvalue weighted by Crippen LogP contribution is 2.30. The minimum absolute atomic E-state index is 0.00360. The number of likely N-dealkylation sites (N-methyl/N-ethyl adjacent to an activating group) is 1. The Balaban J connectivity index is 2.03. The van der Waals surface area contributed by atoms with E-state index in [1.807, 2.05) is 20.8 Å². The zero-order valence-electron chi connectivity index (χ0n) is 17.2. The van der Waals surface area contributed by atoms with Crippen LogP contribution in [0.1, 0.15) is 43.6 Å². The van der Waals surface area contributed by atoms with Crippen LogP contribution in [0, 0.1) is 0 Å². The Hall–Kier alpha value is -3.10. The number of amides is 2. The van der Waals surface area contributed by atoms with Crippen LogP contribution >= 0.6 is 0 Å². The van der Waals surface area contributed by atoms with Crippen LogP contribution in [0.3, 0.4) is 0 Å². The number of nitrogens with zero attached hydrogens (tertiary/aromatic N) is 2. The number of hydrogen-bond acceptors (Lipinski definition) is 4. The number of alkyl halides is 3. The van der Waals surface area contributed by atoms with Crippen molar-refractivity contribution in [1.29, 1.82) is 0 Å². The highest BCUT2D eigenvalue weighted by Gasteiger charge is 2.30. The van der Waals surface area contributed by atoms with Gasteiger partial charge in [0.05, 0.1) is 12.1 Å². The van der Waals surface area contributed by atoms with Gasteiger partial charge >= 0.3 is 6.18 Å². The summed E-state index contributed by atoms with van der Waals surface area (Å²) in [7, 11) is 0. The molecule has 0 aliphatic heterocycles. The van der Waals surface area contributed by atoms with E-state index < -0.39 is 17.3 Å². The fourth-order valence-electron chi connectivity index (χ4n) is 2.54. The molecule has 0 radical (unpaired) electrons. The summed E-state index contributed by atoms with van der Waals surface area (Å²) in [6.07, 6.45) is -3.78. The zero-order valence-corrected chi connectivity index (χ0v) is 17.2. The number of carbonyl (C=O) groups is 2. The summed E-state index contributed by atoms with van der Waals surface area (Å²) in [6.45, 7) is 7.62. The molecular formula is C21H24F3N3O3. The molecule has 162 valence electrons. The van der Waals surface area contributed by atoms with E-state index >= 15 is 0 Å². The molecule has 0 atom stereocenters. The number of halogens is 3. The molecule has 1 heterocycles. The van der Waals surface area contributed by atoms with Gasteiger partial charge in [-0.05, 0) is 58.0 Å². The van der Waals surface area contributed by atoms with Crippen molar-refractivity contribution >= 4 is 11.8 Å². The molecule has 0 saturated carbocycles. The molecule has 1 aromatic carbocycles. The Bertz CT molecular complexity index is 874. The molecule has 0 spiro atoms. The van der Waals surface area contributed by atoms with E-state index in [1.54, 1.807) is 6.92 Å². The van der Waals surface area contributed by atoms with Crippen molar-refractivity contribution < 1.29 is 27.5 Å². The molecule has 0 saturated heterocycles. The molecule has 1 N–H and O–H groups in total. The maximum atomic E-state index is 12.7. The summed E-state index contributed by atoms with van der Waals surface area (Å²) < 4.78 is 43.2. The molecule has 0 fully saturated rings. The minimum atomic E-state index is -4.47. The molecule has 1 aromatic heterocycles. The van der Waals surface area contributed by atoms with Crippen LogP contribution in [0.25, 0.3) is 0 Å². The first-order valence-electron chi connectivity index (χ1n) is 9.30. The van der Waals surface area contributed by atoms with Crippen LogP contribution in [0.4, 0.5) is 13.2 Å². The molecule has 0 bridgehead atoms. The van der Waals surface area contributed by atoms with Crippen LogP contribution in [-0.2, 0) is 11.0 Å². The van der Waals surface area contributed by atoms with Gasteiger partial charge in [-0.25, -0.2) is 4.98 Å². The van der Waals surface area contributed by atoms with Gasteiger partial charge in [0.2, 0.25) is 11.8 Å². The van der Waals surface area contributed by atoms with E-state index in [0.29, 0.717) is 24.1 Å². The van der Waals surface area contributed by atoms with E-state index in [1.165, 1.54) is 29.2 Å². The van der Waals surface area contributed by atoms with Crippen molar-refractivity contribution in [3.8, 4) is 11.6 Å². The van der Waals surface area contributed by atoms with Crippen LogP contribution < -0.4 is 10.1 Å². The molecule has 2 amide bonds. The predicted octanol–water partition coefficient (Wildman–Crippen LogP) is 4.27. The number of nitrogens with one attached hydrogen (secondary N) is 1. The number of rotatable bonds is 6. The Morgan fingerprint density at radius 3 is 2.17 bits per heavy atom. The lowest BCUT2D eigenvalue weighted by Crippen LogP contribution is -2.47. The summed E-state index contributed by atoms with van der Waals surface area (Å²) >= 11 is 0. The summed E-state index contributed by atoms with van der Waals surface area (Å²) in [4.78, 5) is 29.8. The van der Waals surface area contributed by atoms with Crippen molar-refractivity contribution in [1.82, 2.24) is 15.2 Å². The van der Waals surface area contributed by atoms with E-state index in [9.17, 15) is 22.8 Å². The van der Waals surface area contributed by atoms with Gasteiger partial charge in [0.15, 0.2) is 0 Å². The SMILES string of the molecule is CCN(CC(=O)NC(C)(C)C)C(=O)c1ccc(Oc2ccc(C(F)(F)F)cn2)cc1. The third-order valence-electron chi connectivity index (χ3n) is 3.91. The van der Waals surface area contributed by atoms with Gasteiger partial charge < -0.3 is 15.0 Å². The number of pyridine rings is 1. The lowest BCUT2D eigenvalue weighted by Gasteiger charge is -2.25. The van der Waals surface area contributed by atoms with E-state index in [-0.39, 0.29) is 24.2 Å². The molecule has 0 unspecified atom stereocenters. The quantitative estimate of drug-likeness (QED) is 0.753. The molecule has 2 rings (SSSR count). The van der Waals surface area contributed by atoms with Gasteiger partial charge in [-0.3, -0.25) is 9.59 Å². The Morgan fingerprint density at radius 2 is 1.70 bits per heavy atom. The van der Waals surface area contributed by atoms with E-state index in [2.05, 4.69) is 10.3 Å². The number of benzene rings is 1. The number of ether oxygens (including phenoxy) is 1. The number of carbonyl (C=O) groups excluding carboxylic acids is 2. The van der Waals surface area contributed by atoms with Crippen LogP contribution in [-0.4, -0.2) is 40.3 Å². The first-order valence-corrected chi connectivity index (χ1v) is 9.30. The average molecular weight is 423 g/mol. The monoisotopic (exact) mass is 423 g/mol. The van der Waals surface area contributed by atoms with Crippen molar-refractivity contribution in [3.05, 3.63) is 53.7 Å². The molecule has 0 aliphatic rings. The standard InChI is InChI=1S/C21H24F3N3O3/c1-5-27(13-17(28)26-20(2,3)4)19(29)14-6-9-16(10-7-14)30-18-11-8-15(12-25-18)21(22,23)24/h6-12H,5,13H2,1-4H3,(H,26,28). The smallest absolute Gasteiger partial charge is 0.417 e. The normalized spacial score (nSPS) is 11.7. The Morgan fingerprint density at radius 1 is 1.07 bits per heavy atom. The summed E-state index contributed by atoms with van der Waals surface area (Å²) in [6, 6.07) is 8.06. The van der Waals surface area contributed by atoms with E-state index in [0.717, 1.165) is 12.1 Å². The van der Waals surface area contributed by atoms with Gasteiger partial charge in [0.1, 0.15) is 5.75 Å². The first kappa shape index (κ1) is 23.2. The average Bonchev–Trinajstić information content (AvgIpc) is 2.64. The fourth-order valence-corrected chi connectivity index (χ4v) is 2.54. The summed E-state index contributed by atoms with van der Waals surface area (Å²) in [5, 5.41) is 2.81. The molecule has 0 aliphatic carbocycles. The van der Waals surface area contributed by atoms with Crippen LogP contribution in [0.5, 0.6) is 11.6 Å². The minimum Gasteiger partial charge on any atom is -0.439 e. The number of hydrogen-bond donors (Lipinski definition) is 1. The van der Waals surface area contributed by atoms with Crippen molar-refractivity contribution in [2.24, 2.45) is 0 Å². The highest BCUT2D eigenvalue weighted by molar-refractivity contribution is 5.96. The second kappa shape index (κ2) is 9.15. The van der Waals surface area contributed by atoms with Crippen molar-refractivity contribution in [3.63, 3.8) is 0 Å². The lowest BCUT2D eigenvalue weighted by molar-refractivity contribution is -0.137. The molecular weight excluding hydrogens is 399 g/mol. The van der Waals surface area contributed by atoms with Crippen LogP contribution in [0.2, 0.25) is 0 Å². The molecule has 6 nitrogen and oxygen atoms in total. The zero-order chi connectivity index (χ0) is 22.5. The van der Waals surface area contributed by atoms with Crippen LogP contribution in [0.15, 0.2) is 42.6 Å². The molecule has 30 heavy (non-hydrogen) atoms. The topological polar surface area (TPSA) is 71.5 Å². The van der Waals surface area contributed by atoms with Gasteiger partial charge in [0.25, 0.3) is 5.91 Å². The van der Waals surface area contributed by atoms with Crippen molar-refractivity contribution in [2.75, 3.05) is 13.1 Å². The summed E-state index contributed by atoms with van der Waals surface area (Å²) in [5.41, 5.74) is -0.913. The highest BCUT2D eigenvalue weighted by atomic mass is 19.4. The first-order chi connectivity index (χ1) is 13.9. The van der Waals surface area contributed by atoms with Crippen molar-refractivity contribution in [2.45, 2.75) is 39.4 Å². The predicted molar refractivity (Wildman–Crippen MR) is 105 cm³/mol. The van der Waals surface area contributed by atoms with Gasteiger partial charge in [0, 0.05) is 29.9 Å². The Kier molecular flexibility index (Phi) is 7.07. The second-order valence-corrected chi connectivity index (χ2v) is 7.63. The maximum Gasteiger partial charge on any atom is 0.417 e. The van der Waals surface area contributed by atoms with Gasteiger partial charge in [-0.1, -0.05) is 0 Å². The third kappa shape index (κ3) is 6.75. The summed E-state index contributed by atoms with van der Waals surface area (Å²) in [5.74, 6) is -0.268. The maximum absolute atomic E-state index is 12.7. The van der Waals surface area contributed by atoms with E-state index in [4.69, 9.17) is 4.74 Å².